The summed E-state index contributed by atoms with van der Waals surface area (Å²) >= 11 is 0. The Morgan fingerprint density at radius 3 is 2.30 bits per heavy atom. The highest BCUT2D eigenvalue weighted by atomic mass is 15.2. The van der Waals surface area contributed by atoms with Gasteiger partial charge in [-0.05, 0) is 38.6 Å². The van der Waals surface area contributed by atoms with E-state index in [0.717, 1.165) is 23.9 Å². The van der Waals surface area contributed by atoms with Gasteiger partial charge in [-0.3, -0.25) is 0 Å². The molecule has 4 atom stereocenters. The lowest BCUT2D eigenvalue weighted by atomic mass is 9.95. The first-order chi connectivity index (χ1) is 4.70. The summed E-state index contributed by atoms with van der Waals surface area (Å²) in [5.74, 6) is 1.98. The van der Waals surface area contributed by atoms with Gasteiger partial charge in [-0.1, -0.05) is 6.92 Å². The summed E-state index contributed by atoms with van der Waals surface area (Å²) in [7, 11) is 2.28. The van der Waals surface area contributed by atoms with Crippen LogP contribution in [-0.2, 0) is 0 Å². The molecule has 0 aromatic rings. The average Bonchev–Trinajstić information content (AvgIpc) is 2.36. The van der Waals surface area contributed by atoms with Gasteiger partial charge >= 0.3 is 0 Å². The van der Waals surface area contributed by atoms with Crippen LogP contribution in [0.2, 0.25) is 0 Å². The molecule has 0 aromatic carbocycles. The lowest BCUT2D eigenvalue weighted by molar-refractivity contribution is 0.146. The van der Waals surface area contributed by atoms with E-state index in [1.165, 1.54) is 12.8 Å². The second-order valence-corrected chi connectivity index (χ2v) is 4.18. The molecule has 4 unspecified atom stereocenters. The zero-order chi connectivity index (χ0) is 7.30. The van der Waals surface area contributed by atoms with Gasteiger partial charge in [0.15, 0.2) is 0 Å². The zero-order valence-corrected chi connectivity index (χ0v) is 7.17. The van der Waals surface area contributed by atoms with E-state index in [2.05, 4.69) is 25.8 Å². The SMILES string of the molecule is CC1CC2CC1N(C)C2C. The Kier molecular flexibility index (Phi) is 1.31. The molecule has 0 aromatic heterocycles. The van der Waals surface area contributed by atoms with E-state index < -0.39 is 0 Å². The first-order valence-electron chi connectivity index (χ1n) is 4.42. The number of piperidine rings is 1. The van der Waals surface area contributed by atoms with Gasteiger partial charge < -0.3 is 4.90 Å². The molecule has 2 rings (SSSR count). The van der Waals surface area contributed by atoms with Gasteiger partial charge in [-0.15, -0.1) is 0 Å². The van der Waals surface area contributed by atoms with E-state index in [4.69, 9.17) is 0 Å². The van der Waals surface area contributed by atoms with Crippen LogP contribution in [0.15, 0.2) is 0 Å². The summed E-state index contributed by atoms with van der Waals surface area (Å²) in [5, 5.41) is 0. The van der Waals surface area contributed by atoms with Crippen LogP contribution in [0.5, 0.6) is 0 Å². The van der Waals surface area contributed by atoms with Gasteiger partial charge in [-0.25, -0.2) is 0 Å². The summed E-state index contributed by atoms with van der Waals surface area (Å²) in [5.41, 5.74) is 0. The molecule has 1 nitrogen and oxygen atoms in total. The molecule has 1 heterocycles. The summed E-state index contributed by atoms with van der Waals surface area (Å²) < 4.78 is 0. The minimum absolute atomic E-state index is 0.862. The second kappa shape index (κ2) is 1.97. The number of fused-ring (bicyclic) bond motifs is 2. The highest BCUT2D eigenvalue weighted by molar-refractivity contribution is 4.99. The summed E-state index contributed by atoms with van der Waals surface area (Å²) in [6.45, 7) is 4.77. The molecule has 58 valence electrons. The summed E-state index contributed by atoms with van der Waals surface area (Å²) in [6.07, 6.45) is 2.95. The van der Waals surface area contributed by atoms with Crippen LogP contribution in [-0.4, -0.2) is 24.0 Å². The third-order valence-corrected chi connectivity index (χ3v) is 3.72. The topological polar surface area (TPSA) is 3.24 Å². The maximum Gasteiger partial charge on any atom is 0.0124 e. The molecule has 0 spiro atoms. The predicted molar refractivity (Wildman–Crippen MR) is 42.9 cm³/mol. The molecule has 1 aliphatic carbocycles. The van der Waals surface area contributed by atoms with Crippen LogP contribution < -0.4 is 0 Å². The third kappa shape index (κ3) is 0.672. The predicted octanol–water partition coefficient (Wildman–Crippen LogP) is 1.74. The van der Waals surface area contributed by atoms with E-state index in [0.29, 0.717) is 0 Å². The molecule has 1 saturated heterocycles. The van der Waals surface area contributed by atoms with Crippen molar-refractivity contribution in [1.82, 2.24) is 4.90 Å². The summed E-state index contributed by atoms with van der Waals surface area (Å²) in [4.78, 5) is 2.57. The van der Waals surface area contributed by atoms with Gasteiger partial charge in [0.05, 0.1) is 0 Å². The fourth-order valence-electron chi connectivity index (χ4n) is 2.87. The third-order valence-electron chi connectivity index (χ3n) is 3.72. The highest BCUT2D eigenvalue weighted by Crippen LogP contribution is 2.44. The maximum absolute atomic E-state index is 2.57. The average molecular weight is 139 g/mol. The molecule has 0 amide bonds. The van der Waals surface area contributed by atoms with E-state index in [1.54, 1.807) is 0 Å². The van der Waals surface area contributed by atoms with E-state index in [1.807, 2.05) is 0 Å². The second-order valence-electron chi connectivity index (χ2n) is 4.18. The lowest BCUT2D eigenvalue weighted by Gasteiger charge is -2.33. The van der Waals surface area contributed by atoms with Gasteiger partial charge in [-0.2, -0.15) is 0 Å². The van der Waals surface area contributed by atoms with Crippen molar-refractivity contribution in [2.45, 2.75) is 38.8 Å². The Labute approximate surface area is 63.4 Å². The first-order valence-corrected chi connectivity index (χ1v) is 4.42. The molecule has 0 radical (unpaired) electrons. The van der Waals surface area contributed by atoms with Crippen molar-refractivity contribution in [2.75, 3.05) is 7.05 Å². The molecule has 2 aliphatic rings. The van der Waals surface area contributed by atoms with Gasteiger partial charge in [0.1, 0.15) is 0 Å². The standard InChI is InChI=1S/C9H17N/c1-6-4-8-5-9(6)10(3)7(8)2/h6-9H,4-5H2,1-3H3. The van der Waals surface area contributed by atoms with Crippen molar-refractivity contribution in [3.63, 3.8) is 0 Å². The van der Waals surface area contributed by atoms with Crippen LogP contribution in [0.3, 0.4) is 0 Å². The van der Waals surface area contributed by atoms with Crippen molar-refractivity contribution >= 4 is 0 Å². The van der Waals surface area contributed by atoms with Gasteiger partial charge in [0, 0.05) is 12.1 Å². The minimum Gasteiger partial charge on any atom is -0.300 e. The molecule has 1 heteroatoms. The van der Waals surface area contributed by atoms with Crippen LogP contribution in [0.4, 0.5) is 0 Å². The Bertz CT molecular complexity index is 142. The Balaban J connectivity index is 2.16. The van der Waals surface area contributed by atoms with Gasteiger partial charge in [0.25, 0.3) is 0 Å². The molecular weight excluding hydrogens is 122 g/mol. The Morgan fingerprint density at radius 2 is 1.90 bits per heavy atom. The van der Waals surface area contributed by atoms with Crippen LogP contribution in [0.1, 0.15) is 26.7 Å². The van der Waals surface area contributed by atoms with E-state index >= 15 is 0 Å². The molecule has 2 fully saturated rings. The molecule has 1 aliphatic heterocycles. The Hall–Kier alpha value is -0.0400. The molecular formula is C9H17N. The number of hydrogen-bond donors (Lipinski definition) is 0. The summed E-state index contributed by atoms with van der Waals surface area (Å²) in [6, 6.07) is 1.78. The Morgan fingerprint density at radius 1 is 1.20 bits per heavy atom. The zero-order valence-electron chi connectivity index (χ0n) is 7.17. The normalized spacial score (nSPS) is 54.3. The van der Waals surface area contributed by atoms with Crippen molar-refractivity contribution in [1.29, 1.82) is 0 Å². The number of likely N-dealkylation sites (tertiary alicyclic amines) is 1. The molecule has 2 bridgehead atoms. The largest absolute Gasteiger partial charge is 0.300 e. The fraction of sp³-hybridized carbons (Fsp3) is 1.00. The van der Waals surface area contributed by atoms with Gasteiger partial charge in [0.2, 0.25) is 0 Å². The van der Waals surface area contributed by atoms with E-state index in [-0.39, 0.29) is 0 Å². The maximum atomic E-state index is 2.57. The minimum atomic E-state index is 0.862. The van der Waals surface area contributed by atoms with Crippen molar-refractivity contribution < 1.29 is 0 Å². The van der Waals surface area contributed by atoms with Crippen molar-refractivity contribution in [3.8, 4) is 0 Å². The van der Waals surface area contributed by atoms with Crippen molar-refractivity contribution in [3.05, 3.63) is 0 Å². The monoisotopic (exact) mass is 139 g/mol. The number of rotatable bonds is 0. The van der Waals surface area contributed by atoms with Crippen LogP contribution in [0.25, 0.3) is 0 Å². The smallest absolute Gasteiger partial charge is 0.0124 e. The number of nitrogens with zero attached hydrogens (tertiary/aromatic N) is 1. The van der Waals surface area contributed by atoms with Crippen LogP contribution >= 0.6 is 0 Å². The molecule has 0 N–H and O–H groups in total. The van der Waals surface area contributed by atoms with E-state index in [9.17, 15) is 0 Å². The fourth-order valence-corrected chi connectivity index (χ4v) is 2.87. The highest BCUT2D eigenvalue weighted by Gasteiger charge is 2.45. The number of hydrogen-bond acceptors (Lipinski definition) is 1. The lowest BCUT2D eigenvalue weighted by Crippen LogP contribution is -2.39. The quantitative estimate of drug-likeness (QED) is 0.494. The molecule has 1 saturated carbocycles. The first kappa shape index (κ1) is 6.66. The van der Waals surface area contributed by atoms with Crippen LogP contribution in [0, 0.1) is 11.8 Å². The molecule has 10 heavy (non-hydrogen) atoms. The van der Waals surface area contributed by atoms with Crippen molar-refractivity contribution in [2.24, 2.45) is 11.8 Å².